The number of ether oxygens (including phenoxy) is 1. The van der Waals surface area contributed by atoms with Gasteiger partial charge in [0.1, 0.15) is 11.9 Å². The second kappa shape index (κ2) is 5.05. The van der Waals surface area contributed by atoms with E-state index in [1.807, 2.05) is 0 Å². The Balaban J connectivity index is 1.84. The van der Waals surface area contributed by atoms with Crippen molar-refractivity contribution in [1.29, 1.82) is 0 Å². The third kappa shape index (κ3) is 2.57. The van der Waals surface area contributed by atoms with E-state index in [0.717, 1.165) is 13.0 Å². The molecule has 7 heteroatoms. The van der Waals surface area contributed by atoms with E-state index >= 15 is 0 Å². The summed E-state index contributed by atoms with van der Waals surface area (Å²) in [6.07, 6.45) is 6.30. The Morgan fingerprint density at radius 2 is 2.21 bits per heavy atom. The Morgan fingerprint density at radius 1 is 1.42 bits per heavy atom. The first-order chi connectivity index (χ1) is 9.16. The number of nitrogens with one attached hydrogen (secondary N) is 1. The van der Waals surface area contributed by atoms with Gasteiger partial charge in [0.15, 0.2) is 0 Å². The Hall–Kier alpha value is -1.21. The lowest BCUT2D eigenvalue weighted by atomic mass is 10.1. The number of pyridine rings is 1. The molecule has 1 N–H and O–H groups in total. The molecule has 2 fully saturated rings. The molecule has 0 aromatic carbocycles. The van der Waals surface area contributed by atoms with Crippen LogP contribution in [0.3, 0.4) is 0 Å². The van der Waals surface area contributed by atoms with Crippen molar-refractivity contribution >= 4 is 27.3 Å². The molecular weight excluding hydrogens is 314 g/mol. The Labute approximate surface area is 118 Å². The molecule has 1 aromatic heterocycles. The van der Waals surface area contributed by atoms with Crippen LogP contribution < -0.4 is 5.32 Å². The fourth-order valence-electron chi connectivity index (χ4n) is 2.55. The van der Waals surface area contributed by atoms with E-state index in [2.05, 4.69) is 26.2 Å². The highest BCUT2D eigenvalue weighted by Crippen LogP contribution is 2.41. The van der Waals surface area contributed by atoms with Crippen molar-refractivity contribution in [3.05, 3.63) is 27.0 Å². The normalized spacial score (nSPS) is 26.4. The quantitative estimate of drug-likeness (QED) is 0.679. The van der Waals surface area contributed by atoms with Crippen LogP contribution in [0.2, 0.25) is 0 Å². The summed E-state index contributed by atoms with van der Waals surface area (Å²) in [5, 5.41) is 14.3. The van der Waals surface area contributed by atoms with E-state index in [1.165, 1.54) is 19.0 Å². The fourth-order valence-corrected chi connectivity index (χ4v) is 2.98. The fraction of sp³-hybridized carbons (Fsp3) is 0.583. The van der Waals surface area contributed by atoms with Gasteiger partial charge in [0.2, 0.25) is 0 Å². The minimum Gasteiger partial charge on any atom is -0.376 e. The third-order valence-corrected chi connectivity index (χ3v) is 4.23. The first-order valence-electron chi connectivity index (χ1n) is 6.33. The molecule has 0 amide bonds. The van der Waals surface area contributed by atoms with Crippen molar-refractivity contribution in [3.63, 3.8) is 0 Å². The summed E-state index contributed by atoms with van der Waals surface area (Å²) in [4.78, 5) is 14.5. The SMILES string of the molecule is O=[N+]([O-])c1cncc(Br)c1NC1CCOC1C1CC1. The van der Waals surface area contributed by atoms with Gasteiger partial charge in [0.05, 0.1) is 21.5 Å². The Morgan fingerprint density at radius 3 is 2.89 bits per heavy atom. The molecule has 1 saturated heterocycles. The monoisotopic (exact) mass is 327 g/mol. The molecule has 0 bridgehead atoms. The van der Waals surface area contributed by atoms with Gasteiger partial charge in [-0.3, -0.25) is 15.1 Å². The predicted octanol–water partition coefficient (Wildman–Crippen LogP) is 2.73. The second-order valence-electron chi connectivity index (χ2n) is 4.98. The lowest BCUT2D eigenvalue weighted by Gasteiger charge is -2.21. The lowest BCUT2D eigenvalue weighted by molar-refractivity contribution is -0.384. The zero-order valence-electron chi connectivity index (χ0n) is 10.2. The molecule has 2 heterocycles. The van der Waals surface area contributed by atoms with Crippen molar-refractivity contribution in [2.45, 2.75) is 31.4 Å². The van der Waals surface area contributed by atoms with Crippen LogP contribution in [0.15, 0.2) is 16.9 Å². The van der Waals surface area contributed by atoms with Crippen molar-refractivity contribution < 1.29 is 9.66 Å². The lowest BCUT2D eigenvalue weighted by Crippen LogP contribution is -2.31. The van der Waals surface area contributed by atoms with Crippen molar-refractivity contribution in [2.75, 3.05) is 11.9 Å². The van der Waals surface area contributed by atoms with Gasteiger partial charge in [-0.05, 0) is 41.1 Å². The molecule has 3 rings (SSSR count). The molecule has 6 nitrogen and oxygen atoms in total. The van der Waals surface area contributed by atoms with Gasteiger partial charge in [-0.2, -0.15) is 0 Å². The zero-order chi connectivity index (χ0) is 13.4. The van der Waals surface area contributed by atoms with Gasteiger partial charge >= 0.3 is 5.69 Å². The number of nitrogens with zero attached hydrogens (tertiary/aromatic N) is 2. The van der Waals surface area contributed by atoms with Crippen LogP contribution in [0.5, 0.6) is 0 Å². The van der Waals surface area contributed by atoms with E-state index in [1.54, 1.807) is 6.20 Å². The smallest absolute Gasteiger partial charge is 0.311 e. The molecule has 2 unspecified atom stereocenters. The minimum absolute atomic E-state index is 0.00387. The van der Waals surface area contributed by atoms with Crippen LogP contribution in [-0.4, -0.2) is 28.7 Å². The van der Waals surface area contributed by atoms with E-state index < -0.39 is 4.92 Å². The van der Waals surface area contributed by atoms with Crippen LogP contribution in [0.1, 0.15) is 19.3 Å². The molecule has 0 spiro atoms. The van der Waals surface area contributed by atoms with E-state index in [0.29, 0.717) is 16.1 Å². The van der Waals surface area contributed by atoms with E-state index in [4.69, 9.17) is 4.74 Å². The van der Waals surface area contributed by atoms with Gasteiger partial charge in [-0.15, -0.1) is 0 Å². The number of hydrogen-bond donors (Lipinski definition) is 1. The molecule has 1 aliphatic carbocycles. The maximum atomic E-state index is 11.0. The van der Waals surface area contributed by atoms with Crippen molar-refractivity contribution in [2.24, 2.45) is 5.92 Å². The number of anilines is 1. The molecule has 2 aliphatic rings. The summed E-state index contributed by atoms with van der Waals surface area (Å²) >= 11 is 3.33. The van der Waals surface area contributed by atoms with Gasteiger partial charge in [-0.1, -0.05) is 0 Å². The molecular formula is C12H14BrN3O3. The summed E-state index contributed by atoms with van der Waals surface area (Å²) < 4.78 is 6.35. The molecule has 1 saturated carbocycles. The molecule has 0 radical (unpaired) electrons. The predicted molar refractivity (Wildman–Crippen MR) is 73.1 cm³/mol. The number of hydrogen-bond acceptors (Lipinski definition) is 5. The third-order valence-electron chi connectivity index (χ3n) is 3.63. The first-order valence-corrected chi connectivity index (χ1v) is 7.12. The minimum atomic E-state index is -0.415. The topological polar surface area (TPSA) is 77.3 Å². The standard InChI is InChI=1S/C12H14BrN3O3/c13-8-5-14-6-10(16(17)18)11(8)15-9-3-4-19-12(9)7-1-2-7/h5-7,9,12H,1-4H2,(H,14,15). The highest BCUT2D eigenvalue weighted by molar-refractivity contribution is 9.10. The second-order valence-corrected chi connectivity index (χ2v) is 5.84. The molecule has 102 valence electrons. The number of halogens is 1. The van der Waals surface area contributed by atoms with Crippen LogP contribution in [0.25, 0.3) is 0 Å². The molecule has 19 heavy (non-hydrogen) atoms. The van der Waals surface area contributed by atoms with Crippen molar-refractivity contribution in [3.8, 4) is 0 Å². The van der Waals surface area contributed by atoms with Gasteiger partial charge in [0, 0.05) is 12.8 Å². The molecule has 1 aliphatic heterocycles. The van der Waals surface area contributed by atoms with Gasteiger partial charge in [-0.25, -0.2) is 0 Å². The van der Waals surface area contributed by atoms with Gasteiger partial charge in [0.25, 0.3) is 0 Å². The summed E-state index contributed by atoms with van der Waals surface area (Å²) in [6, 6.07) is 0.143. The van der Waals surface area contributed by atoms with Crippen LogP contribution in [-0.2, 0) is 4.74 Å². The number of aromatic nitrogens is 1. The van der Waals surface area contributed by atoms with Gasteiger partial charge < -0.3 is 10.1 Å². The summed E-state index contributed by atoms with van der Waals surface area (Å²) in [5.74, 6) is 0.611. The van der Waals surface area contributed by atoms with Crippen molar-refractivity contribution in [1.82, 2.24) is 4.98 Å². The Kier molecular flexibility index (Phi) is 3.40. The van der Waals surface area contributed by atoms with E-state index in [9.17, 15) is 10.1 Å². The number of nitro groups is 1. The maximum Gasteiger partial charge on any atom is 0.311 e. The summed E-state index contributed by atoms with van der Waals surface area (Å²) in [7, 11) is 0. The van der Waals surface area contributed by atoms with Crippen LogP contribution >= 0.6 is 15.9 Å². The maximum absolute atomic E-state index is 11.0. The summed E-state index contributed by atoms with van der Waals surface area (Å²) in [5.41, 5.74) is 0.497. The first kappa shape index (κ1) is 12.8. The van der Waals surface area contributed by atoms with Crippen LogP contribution in [0.4, 0.5) is 11.4 Å². The van der Waals surface area contributed by atoms with E-state index in [-0.39, 0.29) is 17.8 Å². The molecule has 1 aromatic rings. The average Bonchev–Trinajstić information content (AvgIpc) is 3.12. The average molecular weight is 328 g/mol. The molecule has 2 atom stereocenters. The summed E-state index contributed by atoms with van der Waals surface area (Å²) in [6.45, 7) is 0.718. The highest BCUT2D eigenvalue weighted by Gasteiger charge is 2.41. The zero-order valence-corrected chi connectivity index (χ0v) is 11.8. The Bertz CT molecular complexity index is 507. The number of rotatable bonds is 4. The van der Waals surface area contributed by atoms with Crippen LogP contribution in [0, 0.1) is 16.0 Å². The highest BCUT2D eigenvalue weighted by atomic mass is 79.9. The largest absolute Gasteiger partial charge is 0.376 e.